The number of aliphatic hydroxyl groups excluding tert-OH is 1. The zero-order valence-corrected chi connectivity index (χ0v) is 16.8. The number of rotatable bonds is 5. The van der Waals surface area contributed by atoms with Crippen molar-refractivity contribution < 1.29 is 56.8 Å². The summed E-state index contributed by atoms with van der Waals surface area (Å²) in [4.78, 5) is 0. The molecule has 0 saturated carbocycles. The Kier molecular flexibility index (Phi) is 17.1. The van der Waals surface area contributed by atoms with Crippen molar-refractivity contribution in [3.8, 4) is 17.2 Å². The van der Waals surface area contributed by atoms with Gasteiger partial charge in [-0.2, -0.15) is 10.2 Å². The second-order valence-electron chi connectivity index (χ2n) is 4.26. The number of benzene rings is 2. The molecule has 2 aromatic carbocycles. The molecule has 0 unspecified atom stereocenters. The Morgan fingerprint density at radius 2 is 1.59 bits per heavy atom. The van der Waals surface area contributed by atoms with Crippen LogP contribution in [0.2, 0.25) is 0 Å². The van der Waals surface area contributed by atoms with Gasteiger partial charge < -0.3 is 35.7 Å². The van der Waals surface area contributed by atoms with E-state index in [1.807, 2.05) is 0 Å². The zero-order valence-electron chi connectivity index (χ0n) is 14.8. The van der Waals surface area contributed by atoms with Gasteiger partial charge in [-0.3, -0.25) is 0 Å². The first-order valence-corrected chi connectivity index (χ1v) is 6.87. The molecule has 9 nitrogen and oxygen atoms in total. The molecule has 0 aliphatic rings. The second-order valence-corrected chi connectivity index (χ2v) is 4.26. The zero-order chi connectivity index (χ0) is 17.9. The summed E-state index contributed by atoms with van der Waals surface area (Å²) < 4.78 is 9.93. The smallest absolute Gasteiger partial charge is 0.118 e. The van der Waals surface area contributed by atoms with E-state index in [1.54, 1.807) is 49.6 Å². The molecule has 1 N–H and O–H groups in total. The molecule has 0 fully saturated rings. The number of hydrogen-bond acceptors (Lipinski definition) is 7. The number of methoxy groups -OCH3 is 2. The summed E-state index contributed by atoms with van der Waals surface area (Å²) in [7, 11) is 3.95. The molecular weight excluding hydrogens is 440 g/mol. The van der Waals surface area contributed by atoms with Crippen LogP contribution in [0.15, 0.2) is 52.7 Å². The van der Waals surface area contributed by atoms with Gasteiger partial charge in [0.05, 0.1) is 20.4 Å². The molecule has 0 aliphatic carbocycles. The van der Waals surface area contributed by atoms with Crippen LogP contribution in [0, 0.1) is 0 Å². The van der Waals surface area contributed by atoms with Crippen molar-refractivity contribution in [1.82, 2.24) is 0 Å². The van der Waals surface area contributed by atoms with E-state index in [0.29, 0.717) is 16.9 Å². The molecule has 10 heteroatoms. The third kappa shape index (κ3) is 8.65. The van der Waals surface area contributed by atoms with Crippen LogP contribution in [0.1, 0.15) is 11.1 Å². The summed E-state index contributed by atoms with van der Waals surface area (Å²) in [6.45, 7) is 0. The van der Waals surface area contributed by atoms with Crippen LogP contribution in [0.25, 0.3) is 0 Å². The minimum Gasteiger partial charge on any atom is -2.00 e. The van der Waals surface area contributed by atoms with Crippen molar-refractivity contribution in [2.24, 2.45) is 10.2 Å². The molecule has 0 amide bonds. The van der Waals surface area contributed by atoms with Gasteiger partial charge in [0.15, 0.2) is 0 Å². The van der Waals surface area contributed by atoms with E-state index in [9.17, 15) is 10.2 Å². The fourth-order valence-corrected chi connectivity index (χ4v) is 1.73. The summed E-state index contributed by atoms with van der Waals surface area (Å²) in [5.41, 5.74) is 0.677. The minimum atomic E-state index is -0.505. The van der Waals surface area contributed by atoms with Gasteiger partial charge in [-0.25, -0.2) is 0 Å². The van der Waals surface area contributed by atoms with Gasteiger partial charge in [-0.1, -0.05) is 30.0 Å². The number of hydrogen-bond donors (Lipinski definition) is 1. The maximum atomic E-state index is 11.9. The number of aliphatic hydroxyl groups is 1. The molecule has 0 saturated heterocycles. The summed E-state index contributed by atoms with van der Waals surface area (Å²) in [5, 5.41) is 37.9. The first kappa shape index (κ1) is 29.3. The molecule has 0 aromatic heterocycles. The maximum absolute atomic E-state index is 11.9. The topological polar surface area (TPSA) is 167 Å². The summed E-state index contributed by atoms with van der Waals surface area (Å²) in [5.74, 6) is 0.0490. The fraction of sp³-hybridized carbons (Fsp3) is 0.176. The van der Waals surface area contributed by atoms with Crippen molar-refractivity contribution in [2.45, 2.75) is 0 Å². The summed E-state index contributed by atoms with van der Waals surface area (Å²) >= 11 is 0. The van der Waals surface area contributed by atoms with Gasteiger partial charge in [0.2, 0.25) is 0 Å². The van der Waals surface area contributed by atoms with Crippen molar-refractivity contribution in [2.75, 3.05) is 21.3 Å². The number of ether oxygens (including phenoxy) is 2. The van der Waals surface area contributed by atoms with Crippen LogP contribution in [0.3, 0.4) is 0 Å². The molecule has 0 spiro atoms. The van der Waals surface area contributed by atoms with Crippen molar-refractivity contribution in [1.29, 1.82) is 0 Å². The summed E-state index contributed by atoms with van der Waals surface area (Å²) in [6, 6.07) is 11.3. The van der Waals surface area contributed by atoms with Crippen LogP contribution in [0.5, 0.6) is 17.2 Å². The first-order chi connectivity index (χ1) is 11.7. The van der Waals surface area contributed by atoms with Gasteiger partial charge >= 0.3 is 0 Å². The standard InChI is InChI=1S/C16H16N2O4.CH4O.Mo.2O/c1-21-13-8-6-11(7-9-13)16(20)18-17-10-12-4-3-5-14(22-2)15(12)19;1-2;;;/h3-10,19H,1-2H3,(H,18,20);2H,1H3;;;/q;;;2*-2/p-2/b17-10+;;;;. The van der Waals surface area contributed by atoms with Gasteiger partial charge in [0, 0.05) is 34.1 Å². The van der Waals surface area contributed by atoms with E-state index in [4.69, 9.17) is 14.6 Å². The Bertz CT molecular complexity index is 707. The van der Waals surface area contributed by atoms with Crippen LogP contribution in [0.4, 0.5) is 0 Å². The predicted molar refractivity (Wildman–Crippen MR) is 89.1 cm³/mol. The maximum Gasteiger partial charge on any atom is 0.118 e. The van der Waals surface area contributed by atoms with E-state index in [0.717, 1.165) is 7.11 Å². The van der Waals surface area contributed by atoms with Gasteiger partial charge in [0.25, 0.3) is 0 Å². The molecule has 27 heavy (non-hydrogen) atoms. The third-order valence-electron chi connectivity index (χ3n) is 2.91. The van der Waals surface area contributed by atoms with E-state index in [1.165, 1.54) is 13.3 Å². The second kappa shape index (κ2) is 15.8. The molecule has 0 heterocycles. The SMILES string of the molecule is CO.COc1ccc(/C([O-])=N/N=C/c2cccc(OC)c2[O-])cc1.[Mo].[O-2].[O-2]. The largest absolute Gasteiger partial charge is 2.00 e. The average Bonchev–Trinajstić information content (AvgIpc) is 2.64. The fourth-order valence-electron chi connectivity index (χ4n) is 1.73. The number of nitrogens with zero attached hydrogens (tertiary/aromatic N) is 2. The van der Waals surface area contributed by atoms with E-state index in [-0.39, 0.29) is 43.5 Å². The van der Waals surface area contributed by atoms with E-state index in [2.05, 4.69) is 10.2 Å². The van der Waals surface area contributed by atoms with E-state index >= 15 is 0 Å². The quantitative estimate of drug-likeness (QED) is 0.294. The third-order valence-corrected chi connectivity index (χ3v) is 2.91. The molecule has 2 rings (SSSR count). The predicted octanol–water partition coefficient (Wildman–Crippen LogP) is 0.287. The van der Waals surface area contributed by atoms with E-state index < -0.39 is 5.90 Å². The van der Waals surface area contributed by atoms with Gasteiger partial charge in [0.1, 0.15) is 11.5 Å². The van der Waals surface area contributed by atoms with Crippen LogP contribution >= 0.6 is 0 Å². The first-order valence-electron chi connectivity index (χ1n) is 6.87. The molecular formula is C17H18MoN2O7-6. The monoisotopic (exact) mass is 460 g/mol. The molecule has 150 valence electrons. The Morgan fingerprint density at radius 3 is 2.11 bits per heavy atom. The Balaban J connectivity index is -0.00000111. The Labute approximate surface area is 171 Å². The van der Waals surface area contributed by atoms with Crippen molar-refractivity contribution >= 4 is 12.1 Å². The van der Waals surface area contributed by atoms with Gasteiger partial charge in [-0.15, -0.1) is 0 Å². The molecule has 0 aliphatic heterocycles. The number of para-hydroxylation sites is 1. The normalized spacial score (nSPS) is 9.70. The van der Waals surface area contributed by atoms with Crippen molar-refractivity contribution in [3.63, 3.8) is 0 Å². The molecule has 0 radical (unpaired) electrons. The summed E-state index contributed by atoms with van der Waals surface area (Å²) in [6.07, 6.45) is 1.23. The molecule has 2 aromatic rings. The van der Waals surface area contributed by atoms with Crippen LogP contribution in [-0.4, -0.2) is 38.5 Å². The van der Waals surface area contributed by atoms with Crippen LogP contribution in [-0.2, 0) is 32.0 Å². The Hall–Kier alpha value is -2.45. The van der Waals surface area contributed by atoms with Gasteiger partial charge in [-0.05, 0) is 29.3 Å². The minimum absolute atomic E-state index is 0. The average molecular weight is 458 g/mol. The van der Waals surface area contributed by atoms with Crippen LogP contribution < -0.4 is 19.7 Å². The molecule has 0 atom stereocenters. The Morgan fingerprint density at radius 1 is 1.00 bits per heavy atom. The molecule has 0 bridgehead atoms. The van der Waals surface area contributed by atoms with Crippen molar-refractivity contribution in [3.05, 3.63) is 53.6 Å².